The van der Waals surface area contributed by atoms with Gasteiger partial charge in [0.25, 0.3) is 0 Å². The van der Waals surface area contributed by atoms with E-state index >= 15 is 0 Å². The van der Waals surface area contributed by atoms with Crippen LogP contribution in [-0.2, 0) is 10.0 Å². The van der Waals surface area contributed by atoms with Gasteiger partial charge in [0.2, 0.25) is 10.0 Å². The van der Waals surface area contributed by atoms with Crippen LogP contribution in [-0.4, -0.2) is 27.0 Å². The summed E-state index contributed by atoms with van der Waals surface area (Å²) in [6.45, 7) is 6.93. The smallest absolute Gasteiger partial charge is 0.240 e. The van der Waals surface area contributed by atoms with E-state index in [1.807, 2.05) is 0 Å². The van der Waals surface area contributed by atoms with E-state index in [4.69, 9.17) is 5.73 Å². The molecular weight excluding hydrogens is 274 g/mol. The SMILES string of the molecule is CCNS(=O)(=O)c1ccc(NCC(N)(CC)CC)cc1. The van der Waals surface area contributed by atoms with Gasteiger partial charge in [0.1, 0.15) is 0 Å². The second-order valence-corrected chi connectivity index (χ2v) is 6.72. The minimum Gasteiger partial charge on any atom is -0.383 e. The molecule has 0 atom stereocenters. The first-order valence-corrected chi connectivity index (χ1v) is 8.47. The zero-order valence-corrected chi connectivity index (χ0v) is 13.3. The quantitative estimate of drug-likeness (QED) is 0.684. The Morgan fingerprint density at radius 1 is 1.10 bits per heavy atom. The Morgan fingerprint density at radius 3 is 2.10 bits per heavy atom. The van der Waals surface area contributed by atoms with Crippen molar-refractivity contribution in [3.05, 3.63) is 24.3 Å². The minimum atomic E-state index is -3.38. The van der Waals surface area contributed by atoms with Crippen LogP contribution in [0.25, 0.3) is 0 Å². The van der Waals surface area contributed by atoms with Crippen molar-refractivity contribution >= 4 is 15.7 Å². The van der Waals surface area contributed by atoms with Crippen LogP contribution in [0.1, 0.15) is 33.6 Å². The fraction of sp³-hybridized carbons (Fsp3) is 0.571. The number of anilines is 1. The maximum atomic E-state index is 11.8. The van der Waals surface area contributed by atoms with E-state index in [2.05, 4.69) is 23.9 Å². The number of nitrogens with two attached hydrogens (primary N) is 1. The summed E-state index contributed by atoms with van der Waals surface area (Å²) in [4.78, 5) is 0.273. The van der Waals surface area contributed by atoms with Gasteiger partial charge in [-0.1, -0.05) is 20.8 Å². The van der Waals surface area contributed by atoms with Gasteiger partial charge in [-0.05, 0) is 37.1 Å². The van der Waals surface area contributed by atoms with Gasteiger partial charge in [-0.3, -0.25) is 0 Å². The predicted octanol–water partition coefficient (Wildman–Crippen LogP) is 1.91. The number of hydrogen-bond donors (Lipinski definition) is 3. The Bertz CT molecular complexity index is 508. The van der Waals surface area contributed by atoms with Crippen LogP contribution < -0.4 is 15.8 Å². The number of sulfonamides is 1. The molecule has 0 saturated heterocycles. The highest BCUT2D eigenvalue weighted by molar-refractivity contribution is 7.89. The molecule has 0 radical (unpaired) electrons. The molecule has 4 N–H and O–H groups in total. The van der Waals surface area contributed by atoms with Gasteiger partial charge < -0.3 is 11.1 Å². The van der Waals surface area contributed by atoms with Gasteiger partial charge in [-0.25, -0.2) is 13.1 Å². The molecule has 0 aliphatic heterocycles. The van der Waals surface area contributed by atoms with E-state index in [1.165, 1.54) is 0 Å². The molecule has 0 unspecified atom stereocenters. The summed E-state index contributed by atoms with van der Waals surface area (Å²) in [5.74, 6) is 0. The van der Waals surface area contributed by atoms with Crippen molar-refractivity contribution in [1.82, 2.24) is 4.72 Å². The number of hydrogen-bond acceptors (Lipinski definition) is 4. The molecule has 0 heterocycles. The minimum absolute atomic E-state index is 0.228. The predicted molar refractivity (Wildman–Crippen MR) is 83.3 cm³/mol. The molecule has 5 nitrogen and oxygen atoms in total. The van der Waals surface area contributed by atoms with E-state index < -0.39 is 10.0 Å². The first kappa shape index (κ1) is 16.9. The van der Waals surface area contributed by atoms with Crippen molar-refractivity contribution in [2.45, 2.75) is 44.0 Å². The maximum Gasteiger partial charge on any atom is 0.240 e. The lowest BCUT2D eigenvalue weighted by atomic mass is 9.94. The first-order valence-electron chi connectivity index (χ1n) is 6.99. The number of benzene rings is 1. The lowest BCUT2D eigenvalue weighted by Crippen LogP contribution is -2.45. The molecule has 0 bridgehead atoms. The van der Waals surface area contributed by atoms with E-state index in [9.17, 15) is 8.42 Å². The van der Waals surface area contributed by atoms with Crippen molar-refractivity contribution < 1.29 is 8.42 Å². The normalized spacial score (nSPS) is 12.4. The van der Waals surface area contributed by atoms with Crippen LogP contribution in [0.15, 0.2) is 29.2 Å². The second-order valence-electron chi connectivity index (χ2n) is 4.95. The van der Waals surface area contributed by atoms with Crippen LogP contribution in [0.4, 0.5) is 5.69 Å². The van der Waals surface area contributed by atoms with E-state index in [1.54, 1.807) is 31.2 Å². The van der Waals surface area contributed by atoms with Crippen molar-refractivity contribution in [2.24, 2.45) is 5.73 Å². The van der Waals surface area contributed by atoms with Crippen LogP contribution in [0, 0.1) is 0 Å². The molecule has 1 aromatic carbocycles. The molecular formula is C14H25N3O2S. The second kappa shape index (κ2) is 7.06. The maximum absolute atomic E-state index is 11.8. The Balaban J connectivity index is 2.73. The standard InChI is InChI=1S/C14H25N3O2S/c1-4-14(15,5-2)11-16-12-7-9-13(10-8-12)20(18,19)17-6-3/h7-10,16-17H,4-6,11,15H2,1-3H3. The Hall–Kier alpha value is -1.11. The summed E-state index contributed by atoms with van der Waals surface area (Å²) < 4.78 is 26.1. The number of nitrogens with one attached hydrogen (secondary N) is 2. The highest BCUT2D eigenvalue weighted by Crippen LogP contribution is 2.16. The van der Waals surface area contributed by atoms with Crippen molar-refractivity contribution in [3.63, 3.8) is 0 Å². The molecule has 0 amide bonds. The van der Waals surface area contributed by atoms with Crippen LogP contribution in [0.5, 0.6) is 0 Å². The molecule has 1 rings (SSSR count). The Labute approximate surface area is 122 Å². The Morgan fingerprint density at radius 2 is 1.65 bits per heavy atom. The zero-order valence-electron chi connectivity index (χ0n) is 12.4. The third kappa shape index (κ3) is 4.47. The highest BCUT2D eigenvalue weighted by Gasteiger charge is 2.19. The third-order valence-electron chi connectivity index (χ3n) is 3.55. The molecule has 0 fully saturated rings. The van der Waals surface area contributed by atoms with Crippen LogP contribution in [0.2, 0.25) is 0 Å². The largest absolute Gasteiger partial charge is 0.383 e. The summed E-state index contributed by atoms with van der Waals surface area (Å²) in [5, 5.41) is 3.26. The summed E-state index contributed by atoms with van der Waals surface area (Å²) in [5.41, 5.74) is 6.86. The van der Waals surface area contributed by atoms with Gasteiger partial charge in [0, 0.05) is 24.3 Å². The Kier molecular flexibility index (Phi) is 5.98. The molecule has 0 aliphatic carbocycles. The van der Waals surface area contributed by atoms with Crippen molar-refractivity contribution in [3.8, 4) is 0 Å². The summed E-state index contributed by atoms with van der Waals surface area (Å²) in [7, 11) is -3.38. The van der Waals surface area contributed by atoms with E-state index in [-0.39, 0.29) is 10.4 Å². The highest BCUT2D eigenvalue weighted by atomic mass is 32.2. The van der Waals surface area contributed by atoms with Gasteiger partial charge in [0.15, 0.2) is 0 Å². The topological polar surface area (TPSA) is 84.2 Å². The molecule has 1 aromatic rings. The van der Waals surface area contributed by atoms with E-state index in [0.717, 1.165) is 18.5 Å². The molecule has 114 valence electrons. The molecule has 0 spiro atoms. The van der Waals surface area contributed by atoms with Crippen LogP contribution in [0.3, 0.4) is 0 Å². The van der Waals surface area contributed by atoms with E-state index in [0.29, 0.717) is 13.1 Å². The van der Waals surface area contributed by atoms with Gasteiger partial charge in [0.05, 0.1) is 4.90 Å². The monoisotopic (exact) mass is 299 g/mol. The number of rotatable bonds is 8. The van der Waals surface area contributed by atoms with Crippen molar-refractivity contribution in [1.29, 1.82) is 0 Å². The summed E-state index contributed by atoms with van der Waals surface area (Å²) in [6.07, 6.45) is 1.78. The fourth-order valence-corrected chi connectivity index (χ4v) is 2.84. The molecule has 20 heavy (non-hydrogen) atoms. The lowest BCUT2D eigenvalue weighted by molar-refractivity contribution is 0.418. The van der Waals surface area contributed by atoms with Gasteiger partial charge in [-0.2, -0.15) is 0 Å². The summed E-state index contributed by atoms with van der Waals surface area (Å²) in [6, 6.07) is 6.71. The van der Waals surface area contributed by atoms with Crippen molar-refractivity contribution in [2.75, 3.05) is 18.4 Å². The third-order valence-corrected chi connectivity index (χ3v) is 5.11. The molecule has 0 aromatic heterocycles. The van der Waals surface area contributed by atoms with Crippen LogP contribution >= 0.6 is 0 Å². The zero-order chi connectivity index (χ0) is 15.2. The average Bonchev–Trinajstić information content (AvgIpc) is 2.45. The molecule has 6 heteroatoms. The lowest BCUT2D eigenvalue weighted by Gasteiger charge is -2.27. The first-order chi connectivity index (χ1) is 9.37. The van der Waals surface area contributed by atoms with Gasteiger partial charge >= 0.3 is 0 Å². The molecule has 0 saturated carbocycles. The van der Waals surface area contributed by atoms with Gasteiger partial charge in [-0.15, -0.1) is 0 Å². The summed E-state index contributed by atoms with van der Waals surface area (Å²) >= 11 is 0. The fourth-order valence-electron chi connectivity index (χ4n) is 1.80. The molecule has 0 aliphatic rings. The average molecular weight is 299 g/mol.